The minimum Gasteiger partial charge on any atom is -0.465 e. The standard InChI is InChI=1S/C11H12ClNO2/c1-13-4-3-7-5-8(11(14)15-2)6-9(12)10(7)13/h5-6H,3-4H2,1-2H3. The number of halogens is 1. The molecule has 1 aromatic carbocycles. The predicted molar refractivity (Wildman–Crippen MR) is 59.8 cm³/mol. The Morgan fingerprint density at radius 3 is 2.93 bits per heavy atom. The molecule has 0 atom stereocenters. The second-order valence-electron chi connectivity index (χ2n) is 3.63. The Kier molecular flexibility index (Phi) is 2.57. The van der Waals surface area contributed by atoms with Gasteiger partial charge in [0.15, 0.2) is 0 Å². The van der Waals surface area contributed by atoms with Crippen LogP contribution >= 0.6 is 11.6 Å². The molecule has 1 aromatic rings. The zero-order chi connectivity index (χ0) is 11.0. The SMILES string of the molecule is COC(=O)c1cc(Cl)c2c(c1)CCN2C. The third kappa shape index (κ3) is 1.67. The number of hydrogen-bond donors (Lipinski definition) is 0. The van der Waals surface area contributed by atoms with Crippen molar-refractivity contribution in [3.63, 3.8) is 0 Å². The number of likely N-dealkylation sites (N-methyl/N-ethyl adjacent to an activating group) is 1. The molecule has 0 bridgehead atoms. The topological polar surface area (TPSA) is 29.5 Å². The van der Waals surface area contributed by atoms with E-state index >= 15 is 0 Å². The number of rotatable bonds is 1. The summed E-state index contributed by atoms with van der Waals surface area (Å²) in [5, 5.41) is 0.618. The van der Waals surface area contributed by atoms with Crippen LogP contribution in [0, 0.1) is 0 Å². The molecule has 0 aliphatic carbocycles. The molecule has 0 N–H and O–H groups in total. The normalized spacial score (nSPS) is 13.9. The van der Waals surface area contributed by atoms with Gasteiger partial charge in [-0.1, -0.05) is 11.6 Å². The van der Waals surface area contributed by atoms with Gasteiger partial charge < -0.3 is 9.64 Å². The van der Waals surface area contributed by atoms with Crippen molar-refractivity contribution in [3.8, 4) is 0 Å². The highest BCUT2D eigenvalue weighted by molar-refractivity contribution is 6.34. The largest absolute Gasteiger partial charge is 0.465 e. The lowest BCUT2D eigenvalue weighted by molar-refractivity contribution is 0.0600. The summed E-state index contributed by atoms with van der Waals surface area (Å²) >= 11 is 6.12. The number of carbonyl (C=O) groups is 1. The van der Waals surface area contributed by atoms with Gasteiger partial charge in [0.05, 0.1) is 23.4 Å². The molecule has 0 fully saturated rings. The minimum absolute atomic E-state index is 0.339. The van der Waals surface area contributed by atoms with Crippen molar-refractivity contribution in [2.75, 3.05) is 25.6 Å². The van der Waals surface area contributed by atoms with Crippen LogP contribution in [0.4, 0.5) is 5.69 Å². The molecule has 0 spiro atoms. The van der Waals surface area contributed by atoms with Crippen molar-refractivity contribution in [2.24, 2.45) is 0 Å². The molecule has 1 aliphatic heterocycles. The Hall–Kier alpha value is -1.22. The summed E-state index contributed by atoms with van der Waals surface area (Å²) in [6, 6.07) is 3.52. The fourth-order valence-electron chi connectivity index (χ4n) is 1.91. The van der Waals surface area contributed by atoms with Gasteiger partial charge in [-0.05, 0) is 24.1 Å². The number of esters is 1. The van der Waals surface area contributed by atoms with Crippen LogP contribution in [0.2, 0.25) is 5.02 Å². The number of nitrogens with zero attached hydrogens (tertiary/aromatic N) is 1. The summed E-state index contributed by atoms with van der Waals surface area (Å²) in [6.07, 6.45) is 0.927. The van der Waals surface area contributed by atoms with Gasteiger partial charge in [-0.3, -0.25) is 0 Å². The van der Waals surface area contributed by atoms with E-state index in [9.17, 15) is 4.79 Å². The van der Waals surface area contributed by atoms with Crippen LogP contribution in [0.5, 0.6) is 0 Å². The maximum Gasteiger partial charge on any atom is 0.337 e. The molecule has 0 unspecified atom stereocenters. The van der Waals surface area contributed by atoms with Gasteiger partial charge in [-0.2, -0.15) is 0 Å². The number of carbonyl (C=O) groups excluding carboxylic acids is 1. The van der Waals surface area contributed by atoms with Gasteiger partial charge >= 0.3 is 5.97 Å². The van der Waals surface area contributed by atoms with Crippen LogP contribution in [0.15, 0.2) is 12.1 Å². The highest BCUT2D eigenvalue weighted by Crippen LogP contribution is 2.35. The maximum absolute atomic E-state index is 11.4. The monoisotopic (exact) mass is 225 g/mol. The van der Waals surface area contributed by atoms with E-state index in [1.54, 1.807) is 6.07 Å². The lowest BCUT2D eigenvalue weighted by atomic mass is 10.1. The third-order valence-corrected chi connectivity index (χ3v) is 2.95. The average Bonchev–Trinajstić information content (AvgIpc) is 2.59. The van der Waals surface area contributed by atoms with E-state index in [0.717, 1.165) is 24.2 Å². The molecule has 3 nitrogen and oxygen atoms in total. The number of anilines is 1. The van der Waals surface area contributed by atoms with E-state index in [1.165, 1.54) is 7.11 Å². The molecule has 80 valence electrons. The molecule has 1 heterocycles. The summed E-state index contributed by atoms with van der Waals surface area (Å²) in [6.45, 7) is 0.944. The van der Waals surface area contributed by atoms with Gasteiger partial charge in [0.25, 0.3) is 0 Å². The first-order valence-corrected chi connectivity index (χ1v) is 5.13. The van der Waals surface area contributed by atoms with Gasteiger partial charge in [0.1, 0.15) is 0 Å². The number of benzene rings is 1. The van der Waals surface area contributed by atoms with E-state index in [0.29, 0.717) is 10.6 Å². The Balaban J connectivity index is 2.49. The van der Waals surface area contributed by atoms with Gasteiger partial charge in [0, 0.05) is 13.6 Å². The third-order valence-electron chi connectivity index (χ3n) is 2.66. The molecule has 15 heavy (non-hydrogen) atoms. The highest BCUT2D eigenvalue weighted by atomic mass is 35.5. The first-order chi connectivity index (χ1) is 7.13. The van der Waals surface area contributed by atoms with Crippen molar-refractivity contribution < 1.29 is 9.53 Å². The van der Waals surface area contributed by atoms with Crippen molar-refractivity contribution in [1.29, 1.82) is 0 Å². The first kappa shape index (κ1) is 10.3. The predicted octanol–water partition coefficient (Wildman–Crippen LogP) is 2.12. The molecule has 2 rings (SSSR count). The summed E-state index contributed by atoms with van der Waals surface area (Å²) in [4.78, 5) is 13.4. The summed E-state index contributed by atoms with van der Waals surface area (Å²) in [5.74, 6) is -0.339. The number of fused-ring (bicyclic) bond motifs is 1. The lowest BCUT2D eigenvalue weighted by Gasteiger charge is -2.14. The molecule has 0 amide bonds. The van der Waals surface area contributed by atoms with Crippen molar-refractivity contribution >= 4 is 23.3 Å². The smallest absolute Gasteiger partial charge is 0.337 e. The zero-order valence-electron chi connectivity index (χ0n) is 8.71. The van der Waals surface area contributed by atoms with Crippen LogP contribution in [0.1, 0.15) is 15.9 Å². The molecule has 1 aliphatic rings. The average molecular weight is 226 g/mol. The quantitative estimate of drug-likeness (QED) is 0.686. The van der Waals surface area contributed by atoms with Gasteiger partial charge in [-0.15, -0.1) is 0 Å². The van der Waals surface area contributed by atoms with Crippen LogP contribution < -0.4 is 4.90 Å². The van der Waals surface area contributed by atoms with E-state index in [4.69, 9.17) is 11.6 Å². The number of methoxy groups -OCH3 is 1. The molecule has 0 saturated heterocycles. The molecular formula is C11H12ClNO2. The molecule has 0 aromatic heterocycles. The highest BCUT2D eigenvalue weighted by Gasteiger charge is 2.21. The molecule has 0 saturated carbocycles. The Bertz CT molecular complexity index is 417. The fourth-order valence-corrected chi connectivity index (χ4v) is 2.29. The Morgan fingerprint density at radius 1 is 1.53 bits per heavy atom. The minimum atomic E-state index is -0.339. The van der Waals surface area contributed by atoms with Crippen LogP contribution in [0.25, 0.3) is 0 Å². The number of ether oxygens (including phenoxy) is 1. The van der Waals surface area contributed by atoms with E-state index in [1.807, 2.05) is 13.1 Å². The maximum atomic E-state index is 11.4. The molecule has 0 radical (unpaired) electrons. The van der Waals surface area contributed by atoms with Crippen LogP contribution in [-0.2, 0) is 11.2 Å². The Labute approximate surface area is 93.6 Å². The van der Waals surface area contributed by atoms with Crippen molar-refractivity contribution in [3.05, 3.63) is 28.3 Å². The fraction of sp³-hybridized carbons (Fsp3) is 0.364. The van der Waals surface area contributed by atoms with Crippen LogP contribution in [0.3, 0.4) is 0 Å². The zero-order valence-corrected chi connectivity index (χ0v) is 9.47. The van der Waals surface area contributed by atoms with Gasteiger partial charge in [0.2, 0.25) is 0 Å². The molecule has 4 heteroatoms. The lowest BCUT2D eigenvalue weighted by Crippen LogP contribution is -2.13. The summed E-state index contributed by atoms with van der Waals surface area (Å²) in [7, 11) is 3.37. The second kappa shape index (κ2) is 3.74. The van der Waals surface area contributed by atoms with Crippen molar-refractivity contribution in [2.45, 2.75) is 6.42 Å². The summed E-state index contributed by atoms with van der Waals surface area (Å²) in [5.41, 5.74) is 2.67. The molecular weight excluding hydrogens is 214 g/mol. The second-order valence-corrected chi connectivity index (χ2v) is 4.04. The summed E-state index contributed by atoms with van der Waals surface area (Å²) < 4.78 is 4.67. The van der Waals surface area contributed by atoms with Crippen LogP contribution in [-0.4, -0.2) is 26.7 Å². The van der Waals surface area contributed by atoms with E-state index in [-0.39, 0.29) is 5.97 Å². The van der Waals surface area contributed by atoms with E-state index in [2.05, 4.69) is 9.64 Å². The van der Waals surface area contributed by atoms with Gasteiger partial charge in [-0.25, -0.2) is 4.79 Å². The first-order valence-electron chi connectivity index (χ1n) is 4.75. The Morgan fingerprint density at radius 2 is 2.27 bits per heavy atom. The number of hydrogen-bond acceptors (Lipinski definition) is 3. The van der Waals surface area contributed by atoms with E-state index < -0.39 is 0 Å². The van der Waals surface area contributed by atoms with Crippen molar-refractivity contribution in [1.82, 2.24) is 0 Å².